The molecule has 0 amide bonds. The molecule has 1 nitrogen and oxygen atoms in total. The van der Waals surface area contributed by atoms with Gasteiger partial charge in [0, 0.05) is 10.5 Å². The summed E-state index contributed by atoms with van der Waals surface area (Å²) in [5.74, 6) is 1.42. The van der Waals surface area contributed by atoms with Gasteiger partial charge in [-0.15, -0.1) is 0 Å². The summed E-state index contributed by atoms with van der Waals surface area (Å²) in [4.78, 5) is 0. The minimum absolute atomic E-state index is 0.465. The van der Waals surface area contributed by atoms with Crippen LogP contribution >= 0.6 is 15.9 Å². The Morgan fingerprint density at radius 2 is 1.95 bits per heavy atom. The first-order valence-electron chi connectivity index (χ1n) is 7.75. The van der Waals surface area contributed by atoms with Gasteiger partial charge in [0.15, 0.2) is 0 Å². The molecule has 0 heterocycles. The summed E-state index contributed by atoms with van der Waals surface area (Å²) < 4.78 is 1.19. The summed E-state index contributed by atoms with van der Waals surface area (Å²) >= 11 is 3.60. The van der Waals surface area contributed by atoms with Crippen LogP contribution in [0.15, 0.2) is 53.0 Å². The summed E-state index contributed by atoms with van der Waals surface area (Å²) in [6, 6.07) is 18.1. The molecule has 3 unspecified atom stereocenters. The molecular formula is C19H22BrN. The highest BCUT2D eigenvalue weighted by atomic mass is 79.9. The van der Waals surface area contributed by atoms with E-state index in [2.05, 4.69) is 83.6 Å². The van der Waals surface area contributed by atoms with Gasteiger partial charge >= 0.3 is 0 Å². The fraction of sp³-hybridized carbons (Fsp3) is 0.368. The van der Waals surface area contributed by atoms with Crippen molar-refractivity contribution in [2.24, 2.45) is 5.92 Å². The van der Waals surface area contributed by atoms with Gasteiger partial charge in [0.05, 0.1) is 0 Å². The number of benzene rings is 2. The van der Waals surface area contributed by atoms with Crippen molar-refractivity contribution in [2.75, 3.05) is 6.54 Å². The van der Waals surface area contributed by atoms with Gasteiger partial charge in [-0.05, 0) is 54.5 Å². The van der Waals surface area contributed by atoms with Gasteiger partial charge in [-0.2, -0.15) is 0 Å². The van der Waals surface area contributed by atoms with Crippen molar-refractivity contribution in [1.29, 1.82) is 0 Å². The van der Waals surface area contributed by atoms with Crippen LogP contribution in [0.25, 0.3) is 0 Å². The maximum absolute atomic E-state index is 3.69. The molecule has 0 spiro atoms. The number of hydrogen-bond acceptors (Lipinski definition) is 1. The standard InChI is InChI=1S/C19H22BrN/c1-3-21-19(15-9-10-18(20)13(2)11-15)17-12-16(17)14-7-5-4-6-8-14/h4-11,16-17,19,21H,3,12H2,1-2H3. The molecule has 1 N–H and O–H groups in total. The normalized spacial score (nSPS) is 22.0. The van der Waals surface area contributed by atoms with Crippen LogP contribution in [0.5, 0.6) is 0 Å². The fourth-order valence-corrected chi connectivity index (χ4v) is 3.51. The molecule has 0 aromatic heterocycles. The van der Waals surface area contributed by atoms with E-state index < -0.39 is 0 Å². The average Bonchev–Trinajstić information content (AvgIpc) is 3.29. The maximum atomic E-state index is 3.69. The van der Waals surface area contributed by atoms with E-state index in [-0.39, 0.29) is 0 Å². The van der Waals surface area contributed by atoms with Gasteiger partial charge in [0.2, 0.25) is 0 Å². The number of nitrogens with one attached hydrogen (secondary N) is 1. The second kappa shape index (κ2) is 6.33. The molecule has 1 aliphatic carbocycles. The maximum Gasteiger partial charge on any atom is 0.0354 e. The van der Waals surface area contributed by atoms with Gasteiger partial charge in [0.1, 0.15) is 0 Å². The van der Waals surface area contributed by atoms with Crippen molar-refractivity contribution in [1.82, 2.24) is 5.32 Å². The second-order valence-corrected chi connectivity index (χ2v) is 6.82. The lowest BCUT2D eigenvalue weighted by Gasteiger charge is -2.20. The zero-order valence-corrected chi connectivity index (χ0v) is 14.2. The van der Waals surface area contributed by atoms with Crippen LogP contribution in [-0.4, -0.2) is 6.54 Å². The van der Waals surface area contributed by atoms with Gasteiger partial charge in [-0.1, -0.05) is 65.3 Å². The van der Waals surface area contributed by atoms with Crippen LogP contribution in [-0.2, 0) is 0 Å². The molecule has 0 bridgehead atoms. The molecule has 1 saturated carbocycles. The largest absolute Gasteiger partial charge is 0.310 e. The Balaban J connectivity index is 1.81. The van der Waals surface area contributed by atoms with Gasteiger partial charge < -0.3 is 5.32 Å². The lowest BCUT2D eigenvalue weighted by molar-refractivity contribution is 0.487. The highest BCUT2D eigenvalue weighted by Crippen LogP contribution is 2.54. The van der Waals surface area contributed by atoms with Crippen molar-refractivity contribution in [3.8, 4) is 0 Å². The SMILES string of the molecule is CCNC(c1ccc(Br)c(C)c1)C1CC1c1ccccc1. The molecule has 110 valence electrons. The van der Waals surface area contributed by atoms with E-state index >= 15 is 0 Å². The van der Waals surface area contributed by atoms with Crippen LogP contribution in [0, 0.1) is 12.8 Å². The highest BCUT2D eigenvalue weighted by Gasteiger charge is 2.43. The van der Waals surface area contributed by atoms with Crippen LogP contribution in [0.3, 0.4) is 0 Å². The summed E-state index contributed by atoms with van der Waals surface area (Å²) in [6.45, 7) is 5.37. The molecule has 0 radical (unpaired) electrons. The minimum Gasteiger partial charge on any atom is -0.310 e. The van der Waals surface area contributed by atoms with Crippen molar-refractivity contribution in [3.05, 3.63) is 69.7 Å². The average molecular weight is 344 g/mol. The molecule has 0 saturated heterocycles. The second-order valence-electron chi connectivity index (χ2n) is 5.96. The Morgan fingerprint density at radius 3 is 2.62 bits per heavy atom. The third kappa shape index (κ3) is 3.22. The number of rotatable bonds is 5. The minimum atomic E-state index is 0.465. The molecule has 1 fully saturated rings. The Bertz CT molecular complexity index is 608. The first kappa shape index (κ1) is 14.8. The molecule has 2 aromatic carbocycles. The first-order chi connectivity index (χ1) is 10.2. The number of halogens is 1. The lowest BCUT2D eigenvalue weighted by Crippen LogP contribution is -2.23. The van der Waals surface area contributed by atoms with Crippen molar-refractivity contribution in [2.45, 2.75) is 32.2 Å². The Labute approximate surface area is 135 Å². The smallest absolute Gasteiger partial charge is 0.0354 e. The predicted molar refractivity (Wildman–Crippen MR) is 92.6 cm³/mol. The van der Waals surface area contributed by atoms with Gasteiger partial charge in [-0.25, -0.2) is 0 Å². The van der Waals surface area contributed by atoms with Crippen LogP contribution in [0.2, 0.25) is 0 Å². The molecular weight excluding hydrogens is 322 g/mol. The van der Waals surface area contributed by atoms with Crippen molar-refractivity contribution < 1.29 is 0 Å². The van der Waals surface area contributed by atoms with Crippen LogP contribution in [0.1, 0.15) is 42.0 Å². The lowest BCUT2D eigenvalue weighted by atomic mass is 9.97. The topological polar surface area (TPSA) is 12.0 Å². The molecule has 1 aliphatic rings. The molecule has 3 atom stereocenters. The summed E-state index contributed by atoms with van der Waals surface area (Å²) in [5, 5.41) is 3.69. The van der Waals surface area contributed by atoms with Gasteiger partial charge in [-0.3, -0.25) is 0 Å². The Kier molecular flexibility index (Phi) is 4.46. The predicted octanol–water partition coefficient (Wildman–Crippen LogP) is 5.21. The van der Waals surface area contributed by atoms with Crippen LogP contribution in [0.4, 0.5) is 0 Å². The van der Waals surface area contributed by atoms with E-state index in [0.29, 0.717) is 17.9 Å². The highest BCUT2D eigenvalue weighted by molar-refractivity contribution is 9.10. The molecule has 0 aliphatic heterocycles. The first-order valence-corrected chi connectivity index (χ1v) is 8.54. The van der Waals surface area contributed by atoms with E-state index in [9.17, 15) is 0 Å². The third-order valence-corrected chi connectivity index (χ3v) is 5.35. The van der Waals surface area contributed by atoms with Gasteiger partial charge in [0.25, 0.3) is 0 Å². The third-order valence-electron chi connectivity index (χ3n) is 4.46. The van der Waals surface area contributed by atoms with E-state index in [0.717, 1.165) is 6.54 Å². The molecule has 3 rings (SSSR count). The fourth-order valence-electron chi connectivity index (χ4n) is 3.26. The quantitative estimate of drug-likeness (QED) is 0.785. The van der Waals surface area contributed by atoms with Crippen molar-refractivity contribution in [3.63, 3.8) is 0 Å². The van der Waals surface area contributed by atoms with E-state index in [1.165, 1.54) is 27.6 Å². The summed E-state index contributed by atoms with van der Waals surface area (Å²) in [6.07, 6.45) is 1.29. The zero-order valence-electron chi connectivity index (χ0n) is 12.6. The zero-order chi connectivity index (χ0) is 14.8. The van der Waals surface area contributed by atoms with Crippen molar-refractivity contribution >= 4 is 15.9 Å². The Hall–Kier alpha value is -1.12. The van der Waals surface area contributed by atoms with E-state index in [1.807, 2.05) is 0 Å². The number of hydrogen-bond donors (Lipinski definition) is 1. The molecule has 2 aromatic rings. The van der Waals surface area contributed by atoms with Crippen LogP contribution < -0.4 is 5.32 Å². The van der Waals surface area contributed by atoms with E-state index in [1.54, 1.807) is 0 Å². The summed E-state index contributed by atoms with van der Waals surface area (Å²) in [7, 11) is 0. The molecule has 21 heavy (non-hydrogen) atoms. The number of aryl methyl sites for hydroxylation is 1. The Morgan fingerprint density at radius 1 is 1.19 bits per heavy atom. The molecule has 2 heteroatoms. The summed E-state index contributed by atoms with van der Waals surface area (Å²) in [5.41, 5.74) is 4.22. The van der Waals surface area contributed by atoms with E-state index in [4.69, 9.17) is 0 Å². The monoisotopic (exact) mass is 343 g/mol.